The lowest BCUT2D eigenvalue weighted by Crippen LogP contribution is -2.54. The van der Waals surface area contributed by atoms with E-state index in [1.807, 2.05) is 0 Å². The summed E-state index contributed by atoms with van der Waals surface area (Å²) in [4.78, 5) is 35.1. The average molecular weight is 491 g/mol. The van der Waals surface area contributed by atoms with Crippen LogP contribution in [0.5, 0.6) is 0 Å². The van der Waals surface area contributed by atoms with Crippen molar-refractivity contribution in [3.63, 3.8) is 0 Å². The smallest absolute Gasteiger partial charge is 0.377 e. The van der Waals surface area contributed by atoms with Crippen molar-refractivity contribution in [3.8, 4) is 0 Å². The number of nitrogens with one attached hydrogen (secondary N) is 6. The molecule has 0 saturated carbocycles. The van der Waals surface area contributed by atoms with Crippen LogP contribution in [0.4, 0.5) is 13.2 Å². The Balaban J connectivity index is 1.32. The second kappa shape index (κ2) is 9.90. The largest absolute Gasteiger partial charge is 0.430 e. The summed E-state index contributed by atoms with van der Waals surface area (Å²) in [5.74, 6) is -0.537. The van der Waals surface area contributed by atoms with Gasteiger partial charge in [-0.05, 0) is 30.5 Å². The number of hydrogen-bond acceptors (Lipinski definition) is 10. The minimum Gasteiger partial charge on any atom is -0.377 e. The number of hydrogen-bond donors (Lipinski definition) is 6. The van der Waals surface area contributed by atoms with E-state index >= 15 is 0 Å². The minimum absolute atomic E-state index is 0.143. The molecular weight excluding hydrogens is 467 g/mol. The topological polar surface area (TPSA) is 128 Å². The third kappa shape index (κ3) is 5.44. The number of carbonyl (C=O) groups excluding carboxylic acids is 2. The molecule has 2 saturated heterocycles. The molecule has 0 aromatic carbocycles. The molecule has 4 aliphatic heterocycles. The fraction of sp³-hybridized carbons (Fsp3) is 0.556. The lowest BCUT2D eigenvalue weighted by molar-refractivity contribution is -0.224. The predicted molar refractivity (Wildman–Crippen MR) is 111 cm³/mol. The molecule has 2 fully saturated rings. The Bertz CT molecular complexity index is 895. The molecule has 15 heteroatoms. The van der Waals surface area contributed by atoms with Crippen LogP contribution in [0.1, 0.15) is 6.92 Å². The summed E-state index contributed by atoms with van der Waals surface area (Å²) in [6, 6.07) is -0.338. The van der Waals surface area contributed by atoms with Crippen molar-refractivity contribution in [3.05, 3.63) is 34.0 Å². The van der Waals surface area contributed by atoms with Crippen molar-refractivity contribution >= 4 is 23.8 Å². The van der Waals surface area contributed by atoms with Gasteiger partial charge in [-0.3, -0.25) is 19.7 Å². The highest BCUT2D eigenvalue weighted by atomic mass is 32.2. The molecule has 0 bridgehead atoms. The molecule has 0 radical (unpaired) electrons. The Hall–Kier alpha value is -2.30. The summed E-state index contributed by atoms with van der Waals surface area (Å²) in [7, 11) is 0. The minimum atomic E-state index is -4.54. The number of nitrogens with zero attached hydrogens (tertiary/aromatic N) is 1. The van der Waals surface area contributed by atoms with Crippen LogP contribution in [0.2, 0.25) is 0 Å². The van der Waals surface area contributed by atoms with Crippen LogP contribution in [0.3, 0.4) is 0 Å². The van der Waals surface area contributed by atoms with Crippen molar-refractivity contribution in [1.82, 2.24) is 36.6 Å². The second-order valence-corrected chi connectivity index (χ2v) is 8.47. The van der Waals surface area contributed by atoms with Gasteiger partial charge in [0, 0.05) is 25.3 Å². The summed E-state index contributed by atoms with van der Waals surface area (Å²) in [6.45, 7) is 3.25. The number of hydrazine groups is 1. The molecule has 11 nitrogen and oxygen atoms in total. The summed E-state index contributed by atoms with van der Waals surface area (Å²) >= 11 is 1.21. The van der Waals surface area contributed by atoms with Gasteiger partial charge in [0.25, 0.3) is 11.8 Å². The lowest BCUT2D eigenvalue weighted by Gasteiger charge is -2.36. The van der Waals surface area contributed by atoms with Crippen LogP contribution < -0.4 is 31.7 Å². The van der Waals surface area contributed by atoms with Gasteiger partial charge in [0.05, 0.1) is 19.3 Å². The van der Waals surface area contributed by atoms with Gasteiger partial charge in [0.1, 0.15) is 16.8 Å². The van der Waals surface area contributed by atoms with Gasteiger partial charge in [-0.25, -0.2) is 0 Å². The van der Waals surface area contributed by atoms with E-state index in [1.165, 1.54) is 18.0 Å². The zero-order chi connectivity index (χ0) is 23.6. The third-order valence-corrected chi connectivity index (χ3v) is 6.28. The molecule has 0 aromatic heterocycles. The van der Waals surface area contributed by atoms with Crippen LogP contribution in [0.15, 0.2) is 34.0 Å². The molecule has 0 aliphatic carbocycles. The molecule has 0 spiro atoms. The Morgan fingerprint density at radius 2 is 2.15 bits per heavy atom. The van der Waals surface area contributed by atoms with Crippen molar-refractivity contribution < 1.29 is 32.3 Å². The van der Waals surface area contributed by atoms with E-state index in [1.54, 1.807) is 17.9 Å². The number of allylic oxidation sites excluding steroid dienone is 3. The van der Waals surface area contributed by atoms with Crippen molar-refractivity contribution in [2.75, 3.05) is 32.8 Å². The van der Waals surface area contributed by atoms with E-state index in [2.05, 4.69) is 36.5 Å². The van der Waals surface area contributed by atoms with Gasteiger partial charge in [-0.15, -0.1) is 0 Å². The fourth-order valence-corrected chi connectivity index (χ4v) is 4.29. The van der Waals surface area contributed by atoms with Gasteiger partial charge in [0.2, 0.25) is 6.23 Å². The molecule has 2 amide bonds. The average Bonchev–Trinajstić information content (AvgIpc) is 3.47. The monoisotopic (exact) mass is 491 g/mol. The normalized spacial score (nSPS) is 28.1. The number of alkyl halides is 3. The van der Waals surface area contributed by atoms with Gasteiger partial charge in [-0.1, -0.05) is 6.08 Å². The van der Waals surface area contributed by atoms with Crippen LogP contribution in [-0.2, 0) is 19.2 Å². The quantitative estimate of drug-likeness (QED) is 0.269. The van der Waals surface area contributed by atoms with Crippen LogP contribution in [0.25, 0.3) is 0 Å². The highest BCUT2D eigenvalue weighted by Crippen LogP contribution is 2.25. The first-order valence-corrected chi connectivity index (χ1v) is 11.0. The first-order valence-electron chi connectivity index (χ1n) is 10.2. The molecule has 6 N–H and O–H groups in total. The van der Waals surface area contributed by atoms with E-state index in [0.717, 1.165) is 5.70 Å². The van der Waals surface area contributed by atoms with Crippen LogP contribution >= 0.6 is 11.9 Å². The molecule has 4 rings (SSSR count). The number of morpholine rings is 1. The molecule has 182 valence electrons. The van der Waals surface area contributed by atoms with Crippen LogP contribution in [0, 0.1) is 0 Å². The fourth-order valence-electron chi connectivity index (χ4n) is 3.58. The standard InChI is InChI=1S/C18H24F3N7O4S/c1-9-13(33-27-25-9)16(30)28-4-5-31-8-11(28)7-23-15(29)12-3-2-10(6-22-12)14-24-17(32-26-14)18(19,20)21/h2-3,11,14,17,22,24-27H,4-8H2,1H3,(H,23,29)/t11-,14?,17?/m0/s1. The zero-order valence-electron chi connectivity index (χ0n) is 17.5. The zero-order valence-corrected chi connectivity index (χ0v) is 18.4. The molecule has 4 aliphatic rings. The summed E-state index contributed by atoms with van der Waals surface area (Å²) in [6.07, 6.45) is -4.43. The third-order valence-electron chi connectivity index (χ3n) is 5.39. The summed E-state index contributed by atoms with van der Waals surface area (Å²) in [5, 5.41) is 7.98. The van der Waals surface area contributed by atoms with E-state index in [0.29, 0.717) is 30.2 Å². The molecule has 33 heavy (non-hydrogen) atoms. The first kappa shape index (κ1) is 23.8. The van der Waals surface area contributed by atoms with E-state index in [-0.39, 0.29) is 30.7 Å². The number of amides is 2. The Morgan fingerprint density at radius 3 is 2.79 bits per heavy atom. The molecule has 4 heterocycles. The van der Waals surface area contributed by atoms with E-state index in [4.69, 9.17) is 4.74 Å². The first-order chi connectivity index (χ1) is 15.7. The number of hydroxylamine groups is 1. The highest BCUT2D eigenvalue weighted by molar-refractivity contribution is 8.02. The van der Waals surface area contributed by atoms with E-state index in [9.17, 15) is 22.8 Å². The second-order valence-electron chi connectivity index (χ2n) is 7.65. The maximum absolute atomic E-state index is 12.9. The van der Waals surface area contributed by atoms with Gasteiger partial charge < -0.3 is 25.7 Å². The maximum atomic E-state index is 12.9. The Morgan fingerprint density at radius 1 is 1.33 bits per heavy atom. The van der Waals surface area contributed by atoms with Gasteiger partial charge in [0.15, 0.2) is 0 Å². The number of rotatable bonds is 5. The van der Waals surface area contributed by atoms with Gasteiger partial charge >= 0.3 is 6.18 Å². The van der Waals surface area contributed by atoms with Crippen molar-refractivity contribution in [1.29, 1.82) is 0 Å². The lowest BCUT2D eigenvalue weighted by atomic mass is 10.1. The van der Waals surface area contributed by atoms with E-state index < -0.39 is 24.5 Å². The Labute approximate surface area is 191 Å². The number of ether oxygens (including phenoxy) is 1. The van der Waals surface area contributed by atoms with Crippen molar-refractivity contribution in [2.45, 2.75) is 31.5 Å². The van der Waals surface area contributed by atoms with Crippen LogP contribution in [-0.4, -0.2) is 74.2 Å². The maximum Gasteiger partial charge on any atom is 0.430 e. The SMILES string of the molecule is CC1=C(C(=O)N2CCOC[C@@H]2CNC(=O)C2=CC=C(C3NOC(C(F)(F)F)N3)CN2)SNN1. The van der Waals surface area contributed by atoms with Gasteiger partial charge in [-0.2, -0.15) is 23.5 Å². The number of dihydropyridines is 1. The molecule has 3 atom stereocenters. The summed E-state index contributed by atoms with van der Waals surface area (Å²) in [5.41, 5.74) is 6.73. The summed E-state index contributed by atoms with van der Waals surface area (Å²) < 4.78 is 43.7. The predicted octanol–water partition coefficient (Wildman–Crippen LogP) is -0.930. The number of halogens is 3. The highest BCUT2D eigenvalue weighted by Gasteiger charge is 2.46. The molecular formula is C18H24F3N7O4S. The van der Waals surface area contributed by atoms with Crippen molar-refractivity contribution in [2.24, 2.45) is 0 Å². The molecule has 2 unspecified atom stereocenters. The Kier molecular flexibility index (Phi) is 7.16. The number of carbonyl (C=O) groups is 2. The molecule has 0 aromatic rings.